The zero-order valence-corrected chi connectivity index (χ0v) is 8.81. The molecule has 0 bridgehead atoms. The summed E-state index contributed by atoms with van der Waals surface area (Å²) in [5, 5.41) is 0. The lowest BCUT2D eigenvalue weighted by molar-refractivity contribution is -0.121. The molecular weight excluding hydrogens is 192 g/mol. The van der Waals surface area contributed by atoms with Crippen molar-refractivity contribution in [2.75, 3.05) is 13.6 Å². The van der Waals surface area contributed by atoms with Crippen molar-refractivity contribution in [3.05, 3.63) is 30.1 Å². The van der Waals surface area contributed by atoms with Crippen LogP contribution in [0.2, 0.25) is 0 Å². The van der Waals surface area contributed by atoms with Crippen LogP contribution in [0.4, 0.5) is 0 Å². The molecule has 0 saturated heterocycles. The molecule has 0 atom stereocenters. The van der Waals surface area contributed by atoms with Gasteiger partial charge in [-0.05, 0) is 19.2 Å². The predicted octanol–water partition coefficient (Wildman–Crippen LogP) is -0.107. The van der Waals surface area contributed by atoms with Gasteiger partial charge >= 0.3 is 0 Å². The molecule has 1 aromatic heterocycles. The molecule has 1 amide bonds. The molecular formula is C10H16N4O. The average Bonchev–Trinajstić information content (AvgIpc) is 2.27. The predicted molar refractivity (Wildman–Crippen MR) is 57.5 cm³/mol. The van der Waals surface area contributed by atoms with Crippen molar-refractivity contribution < 1.29 is 4.79 Å². The van der Waals surface area contributed by atoms with Gasteiger partial charge in [0.25, 0.3) is 0 Å². The fraction of sp³-hybridized carbons (Fsp3) is 0.400. The second kappa shape index (κ2) is 6.10. The van der Waals surface area contributed by atoms with Crippen LogP contribution in [0.15, 0.2) is 24.4 Å². The van der Waals surface area contributed by atoms with Crippen molar-refractivity contribution in [1.82, 2.24) is 15.3 Å². The Morgan fingerprint density at radius 1 is 1.60 bits per heavy atom. The van der Waals surface area contributed by atoms with Crippen molar-refractivity contribution in [2.45, 2.75) is 13.0 Å². The molecule has 3 N–H and O–H groups in total. The second-order valence-electron chi connectivity index (χ2n) is 3.38. The van der Waals surface area contributed by atoms with Gasteiger partial charge in [0.05, 0.1) is 5.69 Å². The standard InChI is InChI=1S/C10H16N4O/c1-14(7-5-10(15)13-11)8-9-4-2-3-6-12-9/h2-4,6H,5,7-8,11H2,1H3,(H,13,15). The molecule has 0 aliphatic rings. The third kappa shape index (κ3) is 4.53. The van der Waals surface area contributed by atoms with E-state index in [2.05, 4.69) is 10.4 Å². The van der Waals surface area contributed by atoms with Crippen LogP contribution in [0.1, 0.15) is 12.1 Å². The van der Waals surface area contributed by atoms with Gasteiger partial charge in [0.2, 0.25) is 5.91 Å². The lowest BCUT2D eigenvalue weighted by Gasteiger charge is -2.15. The highest BCUT2D eigenvalue weighted by molar-refractivity contribution is 5.75. The fourth-order valence-electron chi connectivity index (χ4n) is 1.21. The number of nitrogens with two attached hydrogens (primary N) is 1. The number of hydrogen-bond donors (Lipinski definition) is 2. The van der Waals surface area contributed by atoms with Crippen LogP contribution in [0.25, 0.3) is 0 Å². The molecule has 0 spiro atoms. The van der Waals surface area contributed by atoms with Crippen molar-refractivity contribution >= 4 is 5.91 Å². The van der Waals surface area contributed by atoms with Crippen LogP contribution < -0.4 is 11.3 Å². The van der Waals surface area contributed by atoms with Crippen molar-refractivity contribution in [3.8, 4) is 0 Å². The number of rotatable bonds is 5. The minimum absolute atomic E-state index is 0.150. The summed E-state index contributed by atoms with van der Waals surface area (Å²) >= 11 is 0. The van der Waals surface area contributed by atoms with Crippen LogP contribution in [-0.4, -0.2) is 29.4 Å². The molecule has 82 valence electrons. The number of amides is 1. The first-order chi connectivity index (χ1) is 7.22. The largest absolute Gasteiger partial charge is 0.300 e. The molecule has 0 fully saturated rings. The highest BCUT2D eigenvalue weighted by Crippen LogP contribution is 1.98. The maximum Gasteiger partial charge on any atom is 0.235 e. The van der Waals surface area contributed by atoms with Crippen LogP contribution in [-0.2, 0) is 11.3 Å². The molecule has 0 aliphatic heterocycles. The van der Waals surface area contributed by atoms with Gasteiger partial charge in [-0.1, -0.05) is 6.07 Å². The van der Waals surface area contributed by atoms with E-state index < -0.39 is 0 Å². The molecule has 5 heteroatoms. The van der Waals surface area contributed by atoms with Crippen molar-refractivity contribution in [3.63, 3.8) is 0 Å². The maximum absolute atomic E-state index is 10.9. The molecule has 15 heavy (non-hydrogen) atoms. The minimum atomic E-state index is -0.150. The number of hydrogen-bond acceptors (Lipinski definition) is 4. The number of carbonyl (C=O) groups is 1. The third-order valence-corrected chi connectivity index (χ3v) is 2.04. The first-order valence-corrected chi connectivity index (χ1v) is 4.80. The summed E-state index contributed by atoms with van der Waals surface area (Å²) in [4.78, 5) is 17.1. The lowest BCUT2D eigenvalue weighted by Crippen LogP contribution is -2.33. The summed E-state index contributed by atoms with van der Waals surface area (Å²) in [6.07, 6.45) is 2.16. The smallest absolute Gasteiger partial charge is 0.235 e. The fourth-order valence-corrected chi connectivity index (χ4v) is 1.21. The van der Waals surface area contributed by atoms with Gasteiger partial charge in [-0.25, -0.2) is 5.84 Å². The highest BCUT2D eigenvalue weighted by atomic mass is 16.2. The van der Waals surface area contributed by atoms with Gasteiger partial charge in [0.1, 0.15) is 0 Å². The summed E-state index contributed by atoms with van der Waals surface area (Å²) in [7, 11) is 1.94. The number of aromatic nitrogens is 1. The Morgan fingerprint density at radius 2 is 2.40 bits per heavy atom. The first kappa shape index (κ1) is 11.6. The number of pyridine rings is 1. The van der Waals surface area contributed by atoms with E-state index in [1.807, 2.05) is 30.1 Å². The van der Waals surface area contributed by atoms with E-state index in [0.29, 0.717) is 13.0 Å². The van der Waals surface area contributed by atoms with E-state index in [9.17, 15) is 4.79 Å². The Hall–Kier alpha value is -1.46. The van der Waals surface area contributed by atoms with E-state index in [4.69, 9.17) is 5.84 Å². The van der Waals surface area contributed by atoms with E-state index in [1.165, 1.54) is 0 Å². The quantitative estimate of drug-likeness (QED) is 0.402. The molecule has 0 aromatic carbocycles. The normalized spacial score (nSPS) is 10.3. The molecule has 5 nitrogen and oxygen atoms in total. The van der Waals surface area contributed by atoms with Gasteiger partial charge in [-0.3, -0.25) is 15.2 Å². The van der Waals surface area contributed by atoms with Crippen LogP contribution in [0, 0.1) is 0 Å². The molecule has 1 heterocycles. The summed E-state index contributed by atoms with van der Waals surface area (Å²) in [5.41, 5.74) is 3.10. The van der Waals surface area contributed by atoms with E-state index in [1.54, 1.807) is 6.20 Å². The Kier molecular flexibility index (Phi) is 4.73. The average molecular weight is 208 g/mol. The zero-order valence-electron chi connectivity index (χ0n) is 8.81. The lowest BCUT2D eigenvalue weighted by atomic mass is 10.3. The molecule has 0 radical (unpaired) electrons. The molecule has 0 saturated carbocycles. The zero-order chi connectivity index (χ0) is 11.1. The monoisotopic (exact) mass is 208 g/mol. The Balaban J connectivity index is 2.30. The van der Waals surface area contributed by atoms with Gasteiger partial charge in [-0.2, -0.15) is 0 Å². The molecule has 0 aliphatic carbocycles. The van der Waals surface area contributed by atoms with Gasteiger partial charge in [0, 0.05) is 25.7 Å². The second-order valence-corrected chi connectivity index (χ2v) is 3.38. The Labute approximate surface area is 89.3 Å². The van der Waals surface area contributed by atoms with E-state index in [0.717, 1.165) is 12.2 Å². The summed E-state index contributed by atoms with van der Waals surface area (Å²) in [5.74, 6) is 4.83. The van der Waals surface area contributed by atoms with E-state index >= 15 is 0 Å². The minimum Gasteiger partial charge on any atom is -0.300 e. The van der Waals surface area contributed by atoms with Crippen LogP contribution >= 0.6 is 0 Å². The first-order valence-electron chi connectivity index (χ1n) is 4.80. The summed E-state index contributed by atoms with van der Waals surface area (Å²) in [6, 6.07) is 5.79. The van der Waals surface area contributed by atoms with E-state index in [-0.39, 0.29) is 5.91 Å². The highest BCUT2D eigenvalue weighted by Gasteiger charge is 2.03. The van der Waals surface area contributed by atoms with Crippen molar-refractivity contribution in [1.29, 1.82) is 0 Å². The van der Waals surface area contributed by atoms with Gasteiger partial charge < -0.3 is 4.90 Å². The SMILES string of the molecule is CN(CCC(=O)NN)Cc1ccccn1. The van der Waals surface area contributed by atoms with Crippen molar-refractivity contribution in [2.24, 2.45) is 5.84 Å². The van der Waals surface area contributed by atoms with Crippen LogP contribution in [0.5, 0.6) is 0 Å². The van der Waals surface area contributed by atoms with Gasteiger partial charge in [-0.15, -0.1) is 0 Å². The number of nitrogens with one attached hydrogen (secondary N) is 1. The molecule has 1 rings (SSSR count). The maximum atomic E-state index is 10.9. The van der Waals surface area contributed by atoms with Gasteiger partial charge in [0.15, 0.2) is 0 Å². The number of nitrogens with zero attached hydrogens (tertiary/aromatic N) is 2. The molecule has 0 unspecified atom stereocenters. The number of hydrazine groups is 1. The molecule has 1 aromatic rings. The van der Waals surface area contributed by atoms with Crippen LogP contribution in [0.3, 0.4) is 0 Å². The third-order valence-electron chi connectivity index (χ3n) is 2.04. The Morgan fingerprint density at radius 3 is 3.00 bits per heavy atom. The summed E-state index contributed by atoms with van der Waals surface area (Å²) in [6.45, 7) is 1.40. The number of carbonyl (C=O) groups excluding carboxylic acids is 1. The topological polar surface area (TPSA) is 71.2 Å². The Bertz CT molecular complexity index is 302. The summed E-state index contributed by atoms with van der Waals surface area (Å²) < 4.78 is 0.